The third-order valence-corrected chi connectivity index (χ3v) is 6.43. The predicted molar refractivity (Wildman–Crippen MR) is 124 cm³/mol. The first-order valence-electron chi connectivity index (χ1n) is 10.8. The Bertz CT molecular complexity index is 1060. The zero-order valence-corrected chi connectivity index (χ0v) is 19.0. The number of esters is 1. The molecule has 1 heterocycles. The highest BCUT2D eigenvalue weighted by Crippen LogP contribution is 2.46. The van der Waals surface area contributed by atoms with E-state index in [1.54, 1.807) is 19.2 Å². The zero-order valence-electron chi connectivity index (χ0n) is 18.2. The van der Waals surface area contributed by atoms with E-state index >= 15 is 0 Å². The van der Waals surface area contributed by atoms with Gasteiger partial charge in [-0.05, 0) is 42.5 Å². The Kier molecular flexibility index (Phi) is 6.87. The van der Waals surface area contributed by atoms with Gasteiger partial charge < -0.3 is 9.47 Å². The molecule has 0 amide bonds. The van der Waals surface area contributed by atoms with Gasteiger partial charge in [0.1, 0.15) is 12.5 Å². The largest absolute Gasteiger partial charge is 0.463 e. The monoisotopic (exact) mass is 451 g/mol. The molecule has 0 fully saturated rings. The molecule has 166 valence electrons. The van der Waals surface area contributed by atoms with Crippen LogP contribution in [0.4, 0.5) is 0 Å². The van der Waals surface area contributed by atoms with E-state index in [1.165, 1.54) is 0 Å². The van der Waals surface area contributed by atoms with Gasteiger partial charge in [0, 0.05) is 41.5 Å². The Morgan fingerprint density at radius 1 is 1.03 bits per heavy atom. The van der Waals surface area contributed by atoms with Gasteiger partial charge >= 0.3 is 5.97 Å². The molecule has 32 heavy (non-hydrogen) atoms. The average molecular weight is 452 g/mol. The van der Waals surface area contributed by atoms with Crippen LogP contribution in [-0.2, 0) is 19.1 Å². The molecule has 0 aromatic heterocycles. The molecule has 1 aliphatic carbocycles. The van der Waals surface area contributed by atoms with Crippen LogP contribution in [0.15, 0.2) is 70.9 Å². The maximum Gasteiger partial charge on any atom is 0.315 e. The molecule has 6 heteroatoms. The summed E-state index contributed by atoms with van der Waals surface area (Å²) in [5.41, 5.74) is 4.04. The van der Waals surface area contributed by atoms with Crippen molar-refractivity contribution < 1.29 is 19.1 Å². The number of allylic oxidation sites excluding steroid dienone is 2. The maximum atomic E-state index is 13.5. The van der Waals surface area contributed by atoms with Crippen LogP contribution < -0.4 is 0 Å². The van der Waals surface area contributed by atoms with E-state index in [0.29, 0.717) is 35.8 Å². The molecular formula is C26H26ClNO4. The SMILES string of the molecule is COCCOC(=O)C1C(C)=NC2=C(C(=O)C[C@H](c3ccccc3)C2)[C@H]1c1ccc(Cl)cc1. The van der Waals surface area contributed by atoms with Crippen molar-refractivity contribution in [3.63, 3.8) is 0 Å². The Hall–Kier alpha value is -2.76. The lowest BCUT2D eigenvalue weighted by atomic mass is 9.69. The highest BCUT2D eigenvalue weighted by molar-refractivity contribution is 6.30. The van der Waals surface area contributed by atoms with Crippen molar-refractivity contribution in [2.45, 2.75) is 31.6 Å². The molecule has 0 saturated carbocycles. The molecule has 2 aromatic rings. The zero-order chi connectivity index (χ0) is 22.7. The number of methoxy groups -OCH3 is 1. The number of halogens is 1. The summed E-state index contributed by atoms with van der Waals surface area (Å²) in [6.07, 6.45) is 1.06. The number of hydrogen-bond acceptors (Lipinski definition) is 5. The third kappa shape index (κ3) is 4.54. The van der Waals surface area contributed by atoms with E-state index < -0.39 is 17.8 Å². The molecule has 0 spiro atoms. The highest BCUT2D eigenvalue weighted by Gasteiger charge is 2.44. The van der Waals surface area contributed by atoms with Crippen LogP contribution in [-0.4, -0.2) is 37.8 Å². The summed E-state index contributed by atoms with van der Waals surface area (Å²) in [5.74, 6) is -1.39. The van der Waals surface area contributed by atoms with E-state index in [9.17, 15) is 9.59 Å². The van der Waals surface area contributed by atoms with Gasteiger partial charge in [-0.3, -0.25) is 14.6 Å². The van der Waals surface area contributed by atoms with Crippen LogP contribution in [0.25, 0.3) is 0 Å². The molecule has 0 bridgehead atoms. The van der Waals surface area contributed by atoms with Gasteiger partial charge in [0.15, 0.2) is 5.78 Å². The number of hydrogen-bond donors (Lipinski definition) is 0. The highest BCUT2D eigenvalue weighted by atomic mass is 35.5. The fourth-order valence-electron chi connectivity index (χ4n) is 4.67. The number of Topliss-reactive ketones (excluding diaryl/α,β-unsaturated/α-hetero) is 1. The summed E-state index contributed by atoms with van der Waals surface area (Å²) >= 11 is 6.11. The van der Waals surface area contributed by atoms with Crippen molar-refractivity contribution in [3.8, 4) is 0 Å². The van der Waals surface area contributed by atoms with E-state index in [0.717, 1.165) is 16.8 Å². The number of ketones is 1. The van der Waals surface area contributed by atoms with Gasteiger partial charge in [-0.15, -0.1) is 0 Å². The Morgan fingerprint density at radius 2 is 1.75 bits per heavy atom. The number of rotatable bonds is 6. The second-order valence-electron chi connectivity index (χ2n) is 8.22. The minimum Gasteiger partial charge on any atom is -0.463 e. The predicted octanol–water partition coefficient (Wildman–Crippen LogP) is 5.10. The van der Waals surface area contributed by atoms with Crippen molar-refractivity contribution in [1.29, 1.82) is 0 Å². The standard InChI is InChI=1S/C26H26ClNO4/c1-16-23(26(30)32-13-12-31-2)24(18-8-10-20(27)11-9-18)25-21(28-16)14-19(15-22(25)29)17-6-4-3-5-7-17/h3-11,19,23-24H,12-15H2,1-2H3/t19-,23?,24+/m1/s1. The van der Waals surface area contributed by atoms with Crippen LogP contribution in [0.1, 0.15) is 42.7 Å². The lowest BCUT2D eigenvalue weighted by Crippen LogP contribution is -2.38. The summed E-state index contributed by atoms with van der Waals surface area (Å²) in [6, 6.07) is 17.4. The summed E-state index contributed by atoms with van der Waals surface area (Å²) < 4.78 is 10.5. The van der Waals surface area contributed by atoms with Crippen molar-refractivity contribution in [2.75, 3.05) is 20.3 Å². The second-order valence-corrected chi connectivity index (χ2v) is 8.66. The number of aliphatic imine (C=N–C) groups is 1. The van der Waals surface area contributed by atoms with Gasteiger partial charge in [0.2, 0.25) is 0 Å². The molecule has 0 N–H and O–H groups in total. The summed E-state index contributed by atoms with van der Waals surface area (Å²) in [4.78, 5) is 31.3. The lowest BCUT2D eigenvalue weighted by molar-refractivity contribution is -0.147. The molecule has 2 aliphatic rings. The summed E-state index contributed by atoms with van der Waals surface area (Å²) in [6.45, 7) is 2.31. The van der Waals surface area contributed by atoms with Crippen LogP contribution in [0.3, 0.4) is 0 Å². The fourth-order valence-corrected chi connectivity index (χ4v) is 4.80. The van der Waals surface area contributed by atoms with Gasteiger partial charge in [0.05, 0.1) is 6.61 Å². The first kappa shape index (κ1) is 22.4. The average Bonchev–Trinajstić information content (AvgIpc) is 2.79. The number of nitrogens with zero attached hydrogens (tertiary/aromatic N) is 1. The molecule has 2 aromatic carbocycles. The van der Waals surface area contributed by atoms with E-state index in [2.05, 4.69) is 12.1 Å². The molecule has 5 nitrogen and oxygen atoms in total. The third-order valence-electron chi connectivity index (χ3n) is 6.17. The Morgan fingerprint density at radius 3 is 2.44 bits per heavy atom. The summed E-state index contributed by atoms with van der Waals surface area (Å²) in [5, 5.41) is 0.600. The first-order valence-corrected chi connectivity index (χ1v) is 11.1. The van der Waals surface area contributed by atoms with Gasteiger partial charge in [0.25, 0.3) is 0 Å². The lowest BCUT2D eigenvalue weighted by Gasteiger charge is -2.36. The molecule has 3 atom stereocenters. The molecule has 4 rings (SSSR count). The minimum absolute atomic E-state index is 0.0333. The summed E-state index contributed by atoms with van der Waals surface area (Å²) in [7, 11) is 1.55. The van der Waals surface area contributed by atoms with Crippen LogP contribution in [0.5, 0.6) is 0 Å². The Balaban J connectivity index is 1.74. The van der Waals surface area contributed by atoms with Gasteiger partial charge in [-0.2, -0.15) is 0 Å². The number of ether oxygens (including phenoxy) is 2. The topological polar surface area (TPSA) is 65.0 Å². The quantitative estimate of drug-likeness (QED) is 0.452. The van der Waals surface area contributed by atoms with Gasteiger partial charge in [-0.1, -0.05) is 54.1 Å². The molecule has 0 saturated heterocycles. The Labute approximate surface area is 193 Å². The first-order chi connectivity index (χ1) is 15.5. The molecule has 1 unspecified atom stereocenters. The van der Waals surface area contributed by atoms with Crippen LogP contribution >= 0.6 is 11.6 Å². The van der Waals surface area contributed by atoms with E-state index in [-0.39, 0.29) is 18.3 Å². The van der Waals surface area contributed by atoms with Crippen LogP contribution in [0.2, 0.25) is 5.02 Å². The molecule has 1 aliphatic heterocycles. The smallest absolute Gasteiger partial charge is 0.315 e. The van der Waals surface area contributed by atoms with Gasteiger partial charge in [-0.25, -0.2) is 0 Å². The van der Waals surface area contributed by atoms with Crippen molar-refractivity contribution in [3.05, 3.63) is 82.0 Å². The van der Waals surface area contributed by atoms with E-state index in [1.807, 2.05) is 37.3 Å². The van der Waals surface area contributed by atoms with Crippen molar-refractivity contribution >= 4 is 29.1 Å². The second kappa shape index (κ2) is 9.80. The minimum atomic E-state index is -0.663. The van der Waals surface area contributed by atoms with Crippen LogP contribution in [0, 0.1) is 5.92 Å². The van der Waals surface area contributed by atoms with Crippen molar-refractivity contribution in [1.82, 2.24) is 0 Å². The number of benzene rings is 2. The number of carbonyl (C=O) groups is 2. The number of carbonyl (C=O) groups excluding carboxylic acids is 2. The molecular weight excluding hydrogens is 426 g/mol. The van der Waals surface area contributed by atoms with E-state index in [4.69, 9.17) is 26.1 Å². The maximum absolute atomic E-state index is 13.5. The molecule has 0 radical (unpaired) electrons. The van der Waals surface area contributed by atoms with Crippen molar-refractivity contribution in [2.24, 2.45) is 10.9 Å². The fraction of sp³-hybridized carbons (Fsp3) is 0.346. The normalized spacial score (nSPS) is 22.9.